The Labute approximate surface area is 143 Å². The molecule has 3 nitrogen and oxygen atoms in total. The molecule has 0 heterocycles. The molecule has 22 heavy (non-hydrogen) atoms. The first-order valence-corrected chi connectivity index (χ1v) is 9.89. The van der Waals surface area contributed by atoms with Crippen LogP contribution < -0.4 is 0 Å². The molecule has 0 aromatic heterocycles. The molecule has 0 rings (SSSR count). The summed E-state index contributed by atoms with van der Waals surface area (Å²) < 4.78 is 16.2. The van der Waals surface area contributed by atoms with Gasteiger partial charge in [-0.05, 0) is 6.42 Å². The molecule has 0 aliphatic carbocycles. The minimum atomic E-state index is 0.648. The summed E-state index contributed by atoms with van der Waals surface area (Å²) in [6.45, 7) is 6.51. The quantitative estimate of drug-likeness (QED) is 0.269. The Bertz CT molecular complexity index is 171. The van der Waals surface area contributed by atoms with E-state index in [4.69, 9.17) is 14.2 Å². The van der Waals surface area contributed by atoms with Crippen molar-refractivity contribution >= 4 is 12.6 Å². The fraction of sp³-hybridized carbons (Fsp3) is 1.00. The standard InChI is InChI=1S/C18H38O3S/c1-2-3-4-5-6-7-8-9-10-11-12-19-13-14-20-15-16-21-17-18-22/h22H,2-18H2,1H3. The lowest BCUT2D eigenvalue weighted by atomic mass is 10.1. The monoisotopic (exact) mass is 334 g/mol. The van der Waals surface area contributed by atoms with E-state index in [1.807, 2.05) is 0 Å². The molecule has 0 unspecified atom stereocenters. The van der Waals surface area contributed by atoms with Crippen molar-refractivity contribution in [2.24, 2.45) is 0 Å². The SMILES string of the molecule is CCCCCCCCCCCCOCCOCCOCCS. The van der Waals surface area contributed by atoms with Crippen molar-refractivity contribution in [2.75, 3.05) is 45.4 Å². The van der Waals surface area contributed by atoms with Gasteiger partial charge in [-0.15, -0.1) is 0 Å². The van der Waals surface area contributed by atoms with Crippen molar-refractivity contribution in [2.45, 2.75) is 71.1 Å². The Morgan fingerprint density at radius 3 is 1.41 bits per heavy atom. The van der Waals surface area contributed by atoms with Crippen molar-refractivity contribution in [1.82, 2.24) is 0 Å². The molecule has 0 aliphatic heterocycles. The van der Waals surface area contributed by atoms with Crippen LogP contribution in [0.25, 0.3) is 0 Å². The molecule has 0 amide bonds. The van der Waals surface area contributed by atoms with E-state index in [1.165, 1.54) is 64.2 Å². The van der Waals surface area contributed by atoms with Gasteiger partial charge in [0.25, 0.3) is 0 Å². The van der Waals surface area contributed by atoms with E-state index < -0.39 is 0 Å². The van der Waals surface area contributed by atoms with E-state index in [2.05, 4.69) is 19.6 Å². The molecule has 0 fully saturated rings. The minimum absolute atomic E-state index is 0.648. The molecule has 0 aromatic carbocycles. The summed E-state index contributed by atoms with van der Waals surface area (Å²) in [5, 5.41) is 0. The van der Waals surface area contributed by atoms with Crippen LogP contribution >= 0.6 is 12.6 Å². The van der Waals surface area contributed by atoms with E-state index in [0.717, 1.165) is 12.4 Å². The van der Waals surface area contributed by atoms with Gasteiger partial charge in [-0.2, -0.15) is 12.6 Å². The summed E-state index contributed by atoms with van der Waals surface area (Å²) in [7, 11) is 0. The van der Waals surface area contributed by atoms with Gasteiger partial charge >= 0.3 is 0 Å². The molecule has 0 saturated heterocycles. The van der Waals surface area contributed by atoms with Crippen molar-refractivity contribution in [3.8, 4) is 0 Å². The van der Waals surface area contributed by atoms with Gasteiger partial charge in [0.1, 0.15) is 0 Å². The molecule has 4 heteroatoms. The van der Waals surface area contributed by atoms with Gasteiger partial charge in [-0.3, -0.25) is 0 Å². The van der Waals surface area contributed by atoms with E-state index in [-0.39, 0.29) is 0 Å². The third-order valence-corrected chi connectivity index (χ3v) is 3.80. The van der Waals surface area contributed by atoms with Crippen LogP contribution in [0.5, 0.6) is 0 Å². The summed E-state index contributed by atoms with van der Waals surface area (Å²) >= 11 is 4.07. The van der Waals surface area contributed by atoms with Crippen LogP contribution in [0, 0.1) is 0 Å². The number of ether oxygens (including phenoxy) is 3. The van der Waals surface area contributed by atoms with Crippen LogP contribution in [-0.2, 0) is 14.2 Å². The van der Waals surface area contributed by atoms with Crippen LogP contribution in [0.1, 0.15) is 71.1 Å². The number of thiol groups is 1. The molecule has 134 valence electrons. The van der Waals surface area contributed by atoms with Crippen molar-refractivity contribution in [3.63, 3.8) is 0 Å². The summed E-state index contributed by atoms with van der Waals surface area (Å²) in [6.07, 6.45) is 13.7. The zero-order valence-corrected chi connectivity index (χ0v) is 15.6. The second kappa shape index (κ2) is 21.2. The summed E-state index contributed by atoms with van der Waals surface area (Å²) in [4.78, 5) is 0. The predicted molar refractivity (Wildman–Crippen MR) is 98.2 cm³/mol. The molecule has 0 aromatic rings. The first-order valence-electron chi connectivity index (χ1n) is 9.26. The van der Waals surface area contributed by atoms with Gasteiger partial charge in [-0.25, -0.2) is 0 Å². The van der Waals surface area contributed by atoms with E-state index in [1.54, 1.807) is 0 Å². The third kappa shape index (κ3) is 20.2. The van der Waals surface area contributed by atoms with Crippen LogP contribution in [0.3, 0.4) is 0 Å². The average Bonchev–Trinajstić information content (AvgIpc) is 2.54. The Kier molecular flexibility index (Phi) is 21.5. The molecular weight excluding hydrogens is 296 g/mol. The van der Waals surface area contributed by atoms with Crippen molar-refractivity contribution in [3.05, 3.63) is 0 Å². The number of unbranched alkanes of at least 4 members (excludes halogenated alkanes) is 9. The molecular formula is C18H38O3S. The Morgan fingerprint density at radius 1 is 0.500 bits per heavy atom. The highest BCUT2D eigenvalue weighted by atomic mass is 32.1. The maximum Gasteiger partial charge on any atom is 0.0701 e. The van der Waals surface area contributed by atoms with Crippen molar-refractivity contribution < 1.29 is 14.2 Å². The molecule has 0 radical (unpaired) electrons. The second-order valence-corrected chi connectivity index (χ2v) is 6.19. The summed E-state index contributed by atoms with van der Waals surface area (Å²) in [6, 6.07) is 0. The van der Waals surface area contributed by atoms with Crippen LogP contribution in [0.4, 0.5) is 0 Å². The Hall–Kier alpha value is 0.230. The van der Waals surface area contributed by atoms with Gasteiger partial charge in [0.2, 0.25) is 0 Å². The third-order valence-electron chi connectivity index (χ3n) is 3.62. The lowest BCUT2D eigenvalue weighted by Crippen LogP contribution is -2.10. The number of hydrogen-bond acceptors (Lipinski definition) is 4. The fourth-order valence-electron chi connectivity index (χ4n) is 2.30. The van der Waals surface area contributed by atoms with Gasteiger partial charge in [0.15, 0.2) is 0 Å². The number of rotatable bonds is 19. The predicted octanol–water partition coefficient (Wildman–Crippen LogP) is 4.89. The van der Waals surface area contributed by atoms with Gasteiger partial charge in [0, 0.05) is 12.4 Å². The van der Waals surface area contributed by atoms with Gasteiger partial charge in [-0.1, -0.05) is 64.7 Å². The topological polar surface area (TPSA) is 27.7 Å². The molecule has 0 bridgehead atoms. The Balaban J connectivity index is 2.91. The molecule has 0 aliphatic rings. The highest BCUT2D eigenvalue weighted by molar-refractivity contribution is 7.80. The van der Waals surface area contributed by atoms with E-state index in [9.17, 15) is 0 Å². The zero-order chi connectivity index (χ0) is 16.1. The number of hydrogen-bond donors (Lipinski definition) is 1. The van der Waals surface area contributed by atoms with Crippen molar-refractivity contribution in [1.29, 1.82) is 0 Å². The lowest BCUT2D eigenvalue weighted by Gasteiger charge is -2.06. The minimum Gasteiger partial charge on any atom is -0.379 e. The molecule has 0 N–H and O–H groups in total. The summed E-state index contributed by atoms with van der Waals surface area (Å²) in [5.41, 5.74) is 0. The fourth-order valence-corrected chi connectivity index (χ4v) is 2.43. The lowest BCUT2D eigenvalue weighted by molar-refractivity contribution is 0.0167. The molecule has 0 saturated carbocycles. The average molecular weight is 335 g/mol. The van der Waals surface area contributed by atoms with E-state index >= 15 is 0 Å². The highest BCUT2D eigenvalue weighted by Gasteiger charge is 1.94. The molecule has 0 atom stereocenters. The Morgan fingerprint density at radius 2 is 0.909 bits per heavy atom. The smallest absolute Gasteiger partial charge is 0.0701 e. The highest BCUT2D eigenvalue weighted by Crippen LogP contribution is 2.10. The van der Waals surface area contributed by atoms with E-state index in [0.29, 0.717) is 33.0 Å². The molecule has 0 spiro atoms. The zero-order valence-electron chi connectivity index (χ0n) is 14.7. The van der Waals surface area contributed by atoms with Crippen LogP contribution in [0.2, 0.25) is 0 Å². The van der Waals surface area contributed by atoms with Gasteiger partial charge in [0.05, 0.1) is 33.0 Å². The maximum absolute atomic E-state index is 5.56. The van der Waals surface area contributed by atoms with Crippen LogP contribution in [0.15, 0.2) is 0 Å². The first-order chi connectivity index (χ1) is 10.9. The first kappa shape index (κ1) is 22.2. The second-order valence-electron chi connectivity index (χ2n) is 5.74. The normalized spacial score (nSPS) is 11.2. The van der Waals surface area contributed by atoms with Crippen LogP contribution in [-0.4, -0.2) is 45.4 Å². The summed E-state index contributed by atoms with van der Waals surface area (Å²) in [5.74, 6) is 0.766. The van der Waals surface area contributed by atoms with Gasteiger partial charge < -0.3 is 14.2 Å². The maximum atomic E-state index is 5.56. The largest absolute Gasteiger partial charge is 0.379 e.